The molecule has 0 spiro atoms. The van der Waals surface area contributed by atoms with E-state index in [2.05, 4.69) is 5.32 Å². The third-order valence-electron chi connectivity index (χ3n) is 5.02. The Morgan fingerprint density at radius 1 is 1.21 bits per heavy atom. The lowest BCUT2D eigenvalue weighted by atomic mass is 9.89. The first-order valence-corrected chi connectivity index (χ1v) is 10.1. The highest BCUT2D eigenvalue weighted by Gasteiger charge is 2.32. The van der Waals surface area contributed by atoms with Crippen molar-refractivity contribution in [1.29, 1.82) is 0 Å². The zero-order valence-corrected chi connectivity index (χ0v) is 17.0. The lowest BCUT2D eigenvalue weighted by Crippen LogP contribution is -2.38. The summed E-state index contributed by atoms with van der Waals surface area (Å²) in [5.41, 5.74) is 4.06. The number of unbranched alkanes of at least 4 members (excludes halogenated alkanes) is 1. The molecule has 0 bridgehead atoms. The lowest BCUT2D eigenvalue weighted by Gasteiger charge is -2.31. The molecule has 1 aliphatic rings. The van der Waals surface area contributed by atoms with Gasteiger partial charge in [-0.3, -0.25) is 9.69 Å². The second-order valence-electron chi connectivity index (χ2n) is 7.37. The molecule has 1 N–H and O–H groups in total. The molecule has 0 saturated carbocycles. The van der Waals surface area contributed by atoms with Gasteiger partial charge in [-0.1, -0.05) is 43.1 Å². The van der Waals surface area contributed by atoms with Crippen LogP contribution in [0.2, 0.25) is 5.02 Å². The fourth-order valence-electron chi connectivity index (χ4n) is 3.70. The molecule has 0 atom stereocenters. The number of amides is 1. The molecular weight excluding hydrogens is 401 g/mol. The number of halogens is 4. The Bertz CT molecular complexity index is 883. The first-order chi connectivity index (χ1) is 13.8. The van der Waals surface area contributed by atoms with Crippen molar-refractivity contribution in [2.24, 2.45) is 0 Å². The standard InChI is InChI=1S/C22H24ClF3N2O/c1-2-3-8-21(29)27-16-11-15-13-28(14-22(24,25)26)10-9-17(15)19(12-16)18-6-4-5-7-20(18)23/h4-7,11-12H,2-3,8-10,13-14H2,1H3,(H,27,29). The summed E-state index contributed by atoms with van der Waals surface area (Å²) in [6, 6.07) is 11.1. The number of anilines is 1. The molecule has 3 nitrogen and oxygen atoms in total. The molecule has 1 heterocycles. The van der Waals surface area contributed by atoms with Crippen molar-refractivity contribution in [3.63, 3.8) is 0 Å². The van der Waals surface area contributed by atoms with Gasteiger partial charge in [-0.2, -0.15) is 13.2 Å². The Morgan fingerprint density at radius 2 is 1.97 bits per heavy atom. The van der Waals surface area contributed by atoms with Crippen LogP contribution in [0.1, 0.15) is 37.3 Å². The molecule has 156 valence electrons. The first kappa shape index (κ1) is 21.7. The number of hydrogen-bond acceptors (Lipinski definition) is 2. The van der Waals surface area contributed by atoms with E-state index in [0.717, 1.165) is 35.1 Å². The number of rotatable bonds is 6. The maximum atomic E-state index is 12.9. The van der Waals surface area contributed by atoms with Gasteiger partial charge in [0.2, 0.25) is 5.91 Å². The summed E-state index contributed by atoms with van der Waals surface area (Å²) < 4.78 is 38.6. The van der Waals surface area contributed by atoms with Crippen LogP contribution in [0.5, 0.6) is 0 Å². The molecule has 3 rings (SSSR count). The normalized spacial score (nSPS) is 14.5. The number of benzene rings is 2. The molecule has 0 aromatic heterocycles. The monoisotopic (exact) mass is 424 g/mol. The second kappa shape index (κ2) is 9.18. The van der Waals surface area contributed by atoms with Gasteiger partial charge in [0.15, 0.2) is 0 Å². The summed E-state index contributed by atoms with van der Waals surface area (Å²) in [6.45, 7) is 1.58. The number of nitrogens with one attached hydrogen (secondary N) is 1. The van der Waals surface area contributed by atoms with Crippen molar-refractivity contribution in [2.75, 3.05) is 18.4 Å². The predicted molar refractivity (Wildman–Crippen MR) is 110 cm³/mol. The molecule has 7 heteroatoms. The summed E-state index contributed by atoms with van der Waals surface area (Å²) in [4.78, 5) is 13.6. The van der Waals surface area contributed by atoms with E-state index in [1.807, 2.05) is 31.2 Å². The molecule has 0 saturated heterocycles. The van der Waals surface area contributed by atoms with Crippen molar-refractivity contribution in [1.82, 2.24) is 4.90 Å². The third-order valence-corrected chi connectivity index (χ3v) is 5.35. The number of carbonyl (C=O) groups is 1. The zero-order chi connectivity index (χ0) is 21.0. The highest BCUT2D eigenvalue weighted by atomic mass is 35.5. The van der Waals surface area contributed by atoms with Crippen LogP contribution >= 0.6 is 11.6 Å². The van der Waals surface area contributed by atoms with E-state index in [1.165, 1.54) is 4.90 Å². The van der Waals surface area contributed by atoms with Crippen LogP contribution in [0.15, 0.2) is 36.4 Å². The summed E-state index contributed by atoms with van der Waals surface area (Å²) >= 11 is 6.40. The van der Waals surface area contributed by atoms with Gasteiger partial charge < -0.3 is 5.32 Å². The van der Waals surface area contributed by atoms with E-state index < -0.39 is 12.7 Å². The summed E-state index contributed by atoms with van der Waals surface area (Å²) in [5.74, 6) is -0.0973. The van der Waals surface area contributed by atoms with Gasteiger partial charge in [0, 0.05) is 35.8 Å². The van der Waals surface area contributed by atoms with E-state index in [9.17, 15) is 18.0 Å². The third kappa shape index (κ3) is 5.73. The predicted octanol–water partition coefficient (Wildman–Crippen LogP) is 6.06. The van der Waals surface area contributed by atoms with Crippen LogP contribution in [0, 0.1) is 0 Å². The van der Waals surface area contributed by atoms with E-state index in [0.29, 0.717) is 30.1 Å². The highest BCUT2D eigenvalue weighted by molar-refractivity contribution is 6.33. The highest BCUT2D eigenvalue weighted by Crippen LogP contribution is 2.37. The molecule has 1 aliphatic heterocycles. The fourth-order valence-corrected chi connectivity index (χ4v) is 3.94. The van der Waals surface area contributed by atoms with Gasteiger partial charge in [-0.25, -0.2) is 0 Å². The van der Waals surface area contributed by atoms with Gasteiger partial charge in [0.1, 0.15) is 0 Å². The summed E-state index contributed by atoms with van der Waals surface area (Å²) in [5, 5.41) is 3.47. The minimum absolute atomic E-state index is 0.0973. The number of carbonyl (C=O) groups excluding carboxylic acids is 1. The van der Waals surface area contributed by atoms with Crippen molar-refractivity contribution in [2.45, 2.75) is 45.3 Å². The minimum Gasteiger partial charge on any atom is -0.326 e. The van der Waals surface area contributed by atoms with Crippen molar-refractivity contribution in [3.05, 3.63) is 52.5 Å². The molecule has 1 amide bonds. The quantitative estimate of drug-likeness (QED) is 0.611. The minimum atomic E-state index is -4.24. The van der Waals surface area contributed by atoms with E-state index in [-0.39, 0.29) is 12.5 Å². The SMILES string of the molecule is CCCCC(=O)Nc1cc2c(c(-c3ccccc3Cl)c1)CCN(CC(F)(F)F)C2. The maximum Gasteiger partial charge on any atom is 0.401 e. The number of hydrogen-bond donors (Lipinski definition) is 1. The van der Waals surface area contributed by atoms with Crippen LogP contribution in [0.3, 0.4) is 0 Å². The van der Waals surface area contributed by atoms with Gasteiger partial charge >= 0.3 is 6.18 Å². The number of fused-ring (bicyclic) bond motifs is 1. The van der Waals surface area contributed by atoms with Crippen LogP contribution in [-0.4, -0.2) is 30.1 Å². The van der Waals surface area contributed by atoms with Crippen molar-refractivity contribution in [3.8, 4) is 11.1 Å². The van der Waals surface area contributed by atoms with Gasteiger partial charge in [0.05, 0.1) is 6.54 Å². The lowest BCUT2D eigenvalue weighted by molar-refractivity contribution is -0.147. The Kier molecular flexibility index (Phi) is 6.85. The van der Waals surface area contributed by atoms with Gasteiger partial charge in [-0.05, 0) is 47.7 Å². The molecule has 0 aliphatic carbocycles. The Labute approximate surface area is 173 Å². The smallest absolute Gasteiger partial charge is 0.326 e. The topological polar surface area (TPSA) is 32.3 Å². The fraction of sp³-hybridized carbons (Fsp3) is 0.409. The Balaban J connectivity index is 1.97. The summed E-state index contributed by atoms with van der Waals surface area (Å²) in [7, 11) is 0. The molecule has 29 heavy (non-hydrogen) atoms. The van der Waals surface area contributed by atoms with Crippen LogP contribution in [-0.2, 0) is 17.8 Å². The molecule has 0 unspecified atom stereocenters. The van der Waals surface area contributed by atoms with Crippen LogP contribution in [0.4, 0.5) is 18.9 Å². The van der Waals surface area contributed by atoms with E-state index >= 15 is 0 Å². The van der Waals surface area contributed by atoms with E-state index in [1.54, 1.807) is 12.1 Å². The van der Waals surface area contributed by atoms with Crippen molar-refractivity contribution >= 4 is 23.2 Å². The van der Waals surface area contributed by atoms with Crippen LogP contribution < -0.4 is 5.32 Å². The van der Waals surface area contributed by atoms with E-state index in [4.69, 9.17) is 11.6 Å². The molecule has 2 aromatic carbocycles. The first-order valence-electron chi connectivity index (χ1n) is 9.76. The molecule has 0 fully saturated rings. The number of alkyl halides is 3. The average molecular weight is 425 g/mol. The number of nitrogens with zero attached hydrogens (tertiary/aromatic N) is 1. The zero-order valence-electron chi connectivity index (χ0n) is 16.3. The molecular formula is C22H24ClF3N2O. The average Bonchev–Trinajstić information content (AvgIpc) is 2.64. The molecule has 2 aromatic rings. The second-order valence-corrected chi connectivity index (χ2v) is 7.78. The summed E-state index contributed by atoms with van der Waals surface area (Å²) in [6.07, 6.45) is -1.64. The largest absolute Gasteiger partial charge is 0.401 e. The molecule has 0 radical (unpaired) electrons. The van der Waals surface area contributed by atoms with Crippen LogP contribution in [0.25, 0.3) is 11.1 Å². The van der Waals surface area contributed by atoms with Gasteiger partial charge in [0.25, 0.3) is 0 Å². The van der Waals surface area contributed by atoms with Crippen molar-refractivity contribution < 1.29 is 18.0 Å². The maximum absolute atomic E-state index is 12.9. The van der Waals surface area contributed by atoms with Gasteiger partial charge in [-0.15, -0.1) is 0 Å². The Morgan fingerprint density at radius 3 is 2.66 bits per heavy atom. The Hall–Kier alpha value is -2.05.